The van der Waals surface area contributed by atoms with Gasteiger partial charge in [-0.3, -0.25) is 0 Å². The average molecular weight is 175 g/mol. The van der Waals surface area contributed by atoms with Crippen LogP contribution in [0.1, 0.15) is 30.9 Å². The third-order valence-corrected chi connectivity index (χ3v) is 2.76. The summed E-state index contributed by atoms with van der Waals surface area (Å²) in [5.74, 6) is 0. The van der Waals surface area contributed by atoms with Crippen molar-refractivity contribution in [1.29, 1.82) is 0 Å². The molecule has 0 atom stereocenters. The Bertz CT molecular complexity index is 291. The molecule has 0 aromatic heterocycles. The molecule has 0 fully saturated rings. The van der Waals surface area contributed by atoms with E-state index in [9.17, 15) is 0 Å². The first-order chi connectivity index (χ1) is 6.42. The van der Waals surface area contributed by atoms with Crippen molar-refractivity contribution >= 4 is 5.69 Å². The summed E-state index contributed by atoms with van der Waals surface area (Å²) in [6.07, 6.45) is 5.07. The Morgan fingerprint density at radius 3 is 3.15 bits per heavy atom. The molecule has 0 saturated heterocycles. The summed E-state index contributed by atoms with van der Waals surface area (Å²) in [4.78, 5) is 0. The summed E-state index contributed by atoms with van der Waals surface area (Å²) in [6, 6.07) is 6.64. The maximum atomic E-state index is 3.42. The van der Waals surface area contributed by atoms with Gasteiger partial charge in [-0.05, 0) is 36.5 Å². The molecule has 1 N–H and O–H groups in total. The van der Waals surface area contributed by atoms with Gasteiger partial charge in [-0.25, -0.2) is 0 Å². The molecule has 0 aliphatic carbocycles. The molecule has 1 heterocycles. The molecule has 0 radical (unpaired) electrons. The largest absolute Gasteiger partial charge is 0.384 e. The number of unbranched alkanes of at least 4 members (excludes halogenated alkanes) is 1. The van der Waals surface area contributed by atoms with Crippen LogP contribution in [-0.4, -0.2) is 6.54 Å². The summed E-state index contributed by atoms with van der Waals surface area (Å²) in [7, 11) is 0. The van der Waals surface area contributed by atoms with Gasteiger partial charge in [-0.15, -0.1) is 0 Å². The van der Waals surface area contributed by atoms with E-state index in [1.54, 1.807) is 11.1 Å². The average Bonchev–Trinajstić information content (AvgIpc) is 2.62. The van der Waals surface area contributed by atoms with E-state index in [0.29, 0.717) is 0 Å². The Kier molecular flexibility index (Phi) is 2.53. The first-order valence-electron chi connectivity index (χ1n) is 5.26. The minimum Gasteiger partial charge on any atom is -0.384 e. The lowest BCUT2D eigenvalue weighted by molar-refractivity contribution is 0.789. The Balaban J connectivity index is 2.20. The molecule has 0 saturated carbocycles. The highest BCUT2D eigenvalue weighted by Crippen LogP contribution is 2.26. The smallest absolute Gasteiger partial charge is 0.0376 e. The van der Waals surface area contributed by atoms with Crippen molar-refractivity contribution in [1.82, 2.24) is 0 Å². The summed E-state index contributed by atoms with van der Waals surface area (Å²) in [6.45, 7) is 3.37. The zero-order valence-corrected chi connectivity index (χ0v) is 8.27. The number of rotatable bonds is 3. The van der Waals surface area contributed by atoms with Crippen LogP contribution >= 0.6 is 0 Å². The van der Waals surface area contributed by atoms with Crippen LogP contribution in [0.3, 0.4) is 0 Å². The predicted octanol–water partition coefficient (Wildman–Crippen LogP) is 3.00. The van der Waals surface area contributed by atoms with Gasteiger partial charge in [0.15, 0.2) is 0 Å². The zero-order valence-electron chi connectivity index (χ0n) is 8.27. The molecule has 0 amide bonds. The summed E-state index contributed by atoms with van der Waals surface area (Å²) in [5, 5.41) is 3.42. The van der Waals surface area contributed by atoms with Gasteiger partial charge >= 0.3 is 0 Å². The molecule has 1 aliphatic rings. The lowest BCUT2D eigenvalue weighted by Crippen LogP contribution is -1.91. The van der Waals surface area contributed by atoms with Crippen molar-refractivity contribution in [2.75, 3.05) is 11.9 Å². The molecule has 1 aliphatic heterocycles. The van der Waals surface area contributed by atoms with Crippen LogP contribution in [0, 0.1) is 0 Å². The monoisotopic (exact) mass is 175 g/mol. The molecule has 1 nitrogen and oxygen atoms in total. The van der Waals surface area contributed by atoms with Crippen molar-refractivity contribution in [3.8, 4) is 0 Å². The molecule has 0 unspecified atom stereocenters. The van der Waals surface area contributed by atoms with Crippen LogP contribution in [0.15, 0.2) is 18.2 Å². The highest BCUT2D eigenvalue weighted by Gasteiger charge is 2.12. The highest BCUT2D eigenvalue weighted by atomic mass is 14.9. The minimum atomic E-state index is 1.12. The van der Waals surface area contributed by atoms with E-state index < -0.39 is 0 Å². The van der Waals surface area contributed by atoms with Gasteiger partial charge < -0.3 is 5.32 Å². The number of anilines is 1. The number of aryl methyl sites for hydroxylation is 1. The standard InChI is InChI=1S/C12H17N/c1-2-3-5-10-6-4-7-12-11(10)8-9-13-12/h4,6-7,13H,2-3,5,8-9H2,1H3. The topological polar surface area (TPSA) is 12.0 Å². The Morgan fingerprint density at radius 1 is 1.38 bits per heavy atom. The number of hydrogen-bond donors (Lipinski definition) is 1. The van der Waals surface area contributed by atoms with Crippen molar-refractivity contribution < 1.29 is 0 Å². The number of hydrogen-bond acceptors (Lipinski definition) is 1. The summed E-state index contributed by atoms with van der Waals surface area (Å²) < 4.78 is 0. The fraction of sp³-hybridized carbons (Fsp3) is 0.500. The lowest BCUT2D eigenvalue weighted by Gasteiger charge is -2.06. The molecule has 2 rings (SSSR count). The summed E-state index contributed by atoms with van der Waals surface area (Å²) in [5.41, 5.74) is 4.49. The first-order valence-corrected chi connectivity index (χ1v) is 5.26. The second-order valence-corrected chi connectivity index (χ2v) is 3.72. The maximum absolute atomic E-state index is 3.42. The van der Waals surface area contributed by atoms with Crippen molar-refractivity contribution in [3.63, 3.8) is 0 Å². The second-order valence-electron chi connectivity index (χ2n) is 3.72. The Hall–Kier alpha value is -0.980. The third kappa shape index (κ3) is 1.69. The van der Waals surface area contributed by atoms with Crippen LogP contribution in [0.4, 0.5) is 5.69 Å². The van der Waals surface area contributed by atoms with Crippen molar-refractivity contribution in [2.45, 2.75) is 32.6 Å². The van der Waals surface area contributed by atoms with Crippen LogP contribution in [0.5, 0.6) is 0 Å². The van der Waals surface area contributed by atoms with Gasteiger partial charge in [0.25, 0.3) is 0 Å². The third-order valence-electron chi connectivity index (χ3n) is 2.76. The van der Waals surface area contributed by atoms with E-state index in [-0.39, 0.29) is 0 Å². The molecular weight excluding hydrogens is 158 g/mol. The zero-order chi connectivity index (χ0) is 9.10. The lowest BCUT2D eigenvalue weighted by atomic mass is 10.0. The summed E-state index contributed by atoms with van der Waals surface area (Å²) >= 11 is 0. The molecule has 13 heavy (non-hydrogen) atoms. The Labute approximate surface area is 80.2 Å². The van der Waals surface area contributed by atoms with Crippen LogP contribution in [0.2, 0.25) is 0 Å². The molecule has 1 aromatic rings. The van der Waals surface area contributed by atoms with E-state index in [4.69, 9.17) is 0 Å². The van der Waals surface area contributed by atoms with Gasteiger partial charge in [0.2, 0.25) is 0 Å². The van der Waals surface area contributed by atoms with Gasteiger partial charge in [0.1, 0.15) is 0 Å². The SMILES string of the molecule is CCCCc1cccc2c1CCN2. The fourth-order valence-electron chi connectivity index (χ4n) is 2.02. The fourth-order valence-corrected chi connectivity index (χ4v) is 2.02. The Morgan fingerprint density at radius 2 is 2.31 bits per heavy atom. The number of fused-ring (bicyclic) bond motifs is 1. The van der Waals surface area contributed by atoms with Gasteiger partial charge in [-0.2, -0.15) is 0 Å². The minimum absolute atomic E-state index is 1.12. The molecule has 0 bridgehead atoms. The van der Waals surface area contributed by atoms with E-state index >= 15 is 0 Å². The number of benzene rings is 1. The molecule has 70 valence electrons. The quantitative estimate of drug-likeness (QED) is 0.744. The molecule has 1 heteroatoms. The van der Waals surface area contributed by atoms with E-state index in [1.165, 1.54) is 31.4 Å². The number of nitrogens with one attached hydrogen (secondary N) is 1. The van der Waals surface area contributed by atoms with Gasteiger partial charge in [0.05, 0.1) is 0 Å². The van der Waals surface area contributed by atoms with E-state index in [0.717, 1.165) is 6.54 Å². The first kappa shape index (κ1) is 8.61. The highest BCUT2D eigenvalue weighted by molar-refractivity contribution is 5.58. The normalized spacial score (nSPS) is 13.9. The second kappa shape index (κ2) is 3.82. The van der Waals surface area contributed by atoms with E-state index in [1.807, 2.05) is 0 Å². The maximum Gasteiger partial charge on any atom is 0.0376 e. The van der Waals surface area contributed by atoms with Crippen molar-refractivity contribution in [2.24, 2.45) is 0 Å². The van der Waals surface area contributed by atoms with Crippen LogP contribution < -0.4 is 5.32 Å². The molecule has 1 aromatic carbocycles. The van der Waals surface area contributed by atoms with Crippen LogP contribution in [-0.2, 0) is 12.8 Å². The van der Waals surface area contributed by atoms with Crippen molar-refractivity contribution in [3.05, 3.63) is 29.3 Å². The molecular formula is C12H17N. The van der Waals surface area contributed by atoms with Gasteiger partial charge in [0, 0.05) is 12.2 Å². The van der Waals surface area contributed by atoms with E-state index in [2.05, 4.69) is 30.4 Å². The molecule has 0 spiro atoms. The van der Waals surface area contributed by atoms with Crippen LogP contribution in [0.25, 0.3) is 0 Å². The predicted molar refractivity (Wildman–Crippen MR) is 57.2 cm³/mol. The van der Waals surface area contributed by atoms with Gasteiger partial charge in [-0.1, -0.05) is 25.5 Å².